The molecule has 46 heavy (non-hydrogen) atoms. The monoisotopic (exact) mass is 648 g/mol. The van der Waals surface area contributed by atoms with Crippen molar-refractivity contribution in [3.8, 4) is 39.6 Å². The van der Waals surface area contributed by atoms with Gasteiger partial charge in [0.1, 0.15) is 11.3 Å². The Kier molecular flexibility index (Phi) is 8.80. The third-order valence-corrected chi connectivity index (χ3v) is 13.1. The molecule has 0 saturated carbocycles. The van der Waals surface area contributed by atoms with Gasteiger partial charge in [-0.05, 0) is 75.9 Å². The maximum Gasteiger partial charge on any atom is 0.231 e. The molecule has 0 saturated heterocycles. The van der Waals surface area contributed by atoms with Crippen LogP contribution in [-0.4, -0.2) is 31.2 Å². The Balaban J connectivity index is 1.82. The highest BCUT2D eigenvalue weighted by molar-refractivity contribution is 6.89. The lowest BCUT2D eigenvalue weighted by molar-refractivity contribution is 0.463. The molecule has 0 atom stereocenters. The lowest BCUT2D eigenvalue weighted by Gasteiger charge is -2.23. The van der Waals surface area contributed by atoms with Crippen molar-refractivity contribution in [1.82, 2.24) is 9.97 Å². The molecule has 0 fully saturated rings. The fraction of sp³-hybridized carbons (Fsp3) is 0.400. The van der Waals surface area contributed by atoms with Crippen LogP contribution in [0.1, 0.15) is 77.0 Å². The van der Waals surface area contributed by atoms with Crippen LogP contribution < -0.4 is 10.4 Å². The molecule has 0 radical (unpaired) electrons. The first-order valence-corrected chi connectivity index (χ1v) is 23.7. The fourth-order valence-electron chi connectivity index (χ4n) is 5.83. The van der Waals surface area contributed by atoms with E-state index in [1.165, 1.54) is 15.9 Å². The molecule has 0 spiro atoms. The average Bonchev–Trinajstić information content (AvgIpc) is 3.39. The smallest absolute Gasteiger partial charge is 0.231 e. The van der Waals surface area contributed by atoms with Gasteiger partial charge in [0.2, 0.25) is 5.89 Å². The van der Waals surface area contributed by atoms with Crippen molar-refractivity contribution in [2.75, 3.05) is 0 Å². The van der Waals surface area contributed by atoms with Gasteiger partial charge in [0.25, 0.3) is 0 Å². The average molecular weight is 649 g/mol. The number of fused-ring (bicyclic) bond motifs is 1. The Morgan fingerprint density at radius 1 is 0.717 bits per heavy atom. The third-order valence-electron chi connectivity index (χ3n) is 9.07. The third kappa shape index (κ3) is 6.79. The van der Waals surface area contributed by atoms with Gasteiger partial charge in [-0.3, -0.25) is 4.98 Å². The molecule has 3 aromatic carbocycles. The number of aromatic hydroxyl groups is 1. The van der Waals surface area contributed by atoms with Crippen molar-refractivity contribution in [3.63, 3.8) is 0 Å². The van der Waals surface area contributed by atoms with Gasteiger partial charge in [0.05, 0.1) is 27.4 Å². The molecule has 5 aromatic rings. The fourth-order valence-corrected chi connectivity index (χ4v) is 8.12. The lowest BCUT2D eigenvalue weighted by atomic mass is 9.83. The van der Waals surface area contributed by atoms with Crippen LogP contribution in [-0.2, 0) is 5.41 Å². The summed E-state index contributed by atoms with van der Waals surface area (Å²) in [4.78, 5) is 10.0. The van der Waals surface area contributed by atoms with Gasteiger partial charge in [0, 0.05) is 17.3 Å². The molecule has 2 aromatic heterocycles. The van der Waals surface area contributed by atoms with E-state index in [9.17, 15) is 5.11 Å². The molecular weight excluding hydrogens is 597 g/mol. The first-order chi connectivity index (χ1) is 21.2. The molecule has 242 valence electrons. The van der Waals surface area contributed by atoms with Crippen LogP contribution in [0.3, 0.4) is 0 Å². The van der Waals surface area contributed by atoms with Crippen molar-refractivity contribution in [2.45, 2.75) is 105 Å². The number of pyridine rings is 1. The number of oxazole rings is 1. The summed E-state index contributed by atoms with van der Waals surface area (Å²) in [7, 11) is -3.27. The molecule has 0 aliphatic heterocycles. The largest absolute Gasteiger partial charge is 0.507 e. The van der Waals surface area contributed by atoms with Crippen LogP contribution in [0.15, 0.2) is 65.2 Å². The quantitative estimate of drug-likeness (QED) is 0.178. The minimum absolute atomic E-state index is 0.0675. The summed E-state index contributed by atoms with van der Waals surface area (Å²) in [5, 5.41) is 14.2. The summed E-state index contributed by atoms with van der Waals surface area (Å²) < 4.78 is 6.61. The summed E-state index contributed by atoms with van der Waals surface area (Å²) >= 11 is 0. The minimum atomic E-state index is -1.74. The normalized spacial score (nSPS) is 12.9. The van der Waals surface area contributed by atoms with E-state index < -0.39 is 16.1 Å². The van der Waals surface area contributed by atoms with Gasteiger partial charge >= 0.3 is 0 Å². The highest BCUT2D eigenvalue weighted by Gasteiger charge is 2.26. The van der Waals surface area contributed by atoms with Crippen molar-refractivity contribution in [1.29, 1.82) is 0 Å². The second kappa shape index (κ2) is 11.9. The topological polar surface area (TPSA) is 59.2 Å². The van der Waals surface area contributed by atoms with E-state index in [4.69, 9.17) is 14.4 Å². The zero-order chi connectivity index (χ0) is 33.9. The van der Waals surface area contributed by atoms with E-state index in [-0.39, 0.29) is 17.1 Å². The minimum Gasteiger partial charge on any atom is -0.507 e. The Bertz CT molecular complexity index is 1920. The molecule has 0 aliphatic carbocycles. The Morgan fingerprint density at radius 3 is 1.96 bits per heavy atom. The van der Waals surface area contributed by atoms with Crippen LogP contribution in [0.5, 0.6) is 5.75 Å². The van der Waals surface area contributed by atoms with E-state index in [0.29, 0.717) is 17.4 Å². The summed E-state index contributed by atoms with van der Waals surface area (Å²) in [5.74, 6) is 1.19. The van der Waals surface area contributed by atoms with E-state index in [2.05, 4.69) is 136 Å². The number of hydrogen-bond acceptors (Lipinski definition) is 4. The van der Waals surface area contributed by atoms with Crippen molar-refractivity contribution >= 4 is 37.6 Å². The molecule has 6 heteroatoms. The lowest BCUT2D eigenvalue weighted by Crippen LogP contribution is -2.37. The van der Waals surface area contributed by atoms with Gasteiger partial charge in [-0.15, -0.1) is 0 Å². The van der Waals surface area contributed by atoms with Crippen molar-refractivity contribution in [3.05, 3.63) is 77.5 Å². The maximum atomic E-state index is 11.5. The highest BCUT2D eigenvalue weighted by atomic mass is 28.3. The number of phenols is 1. The summed E-state index contributed by atoms with van der Waals surface area (Å²) in [6.45, 7) is 29.6. The number of rotatable bonds is 7. The Hall–Kier alpha value is -3.49. The Morgan fingerprint density at radius 2 is 1.37 bits per heavy atom. The molecule has 4 nitrogen and oxygen atoms in total. The molecular formula is C40H52N2O2Si2. The zero-order valence-electron chi connectivity index (χ0n) is 30.2. The summed E-state index contributed by atoms with van der Waals surface area (Å²) in [6.07, 6.45) is 1.96. The van der Waals surface area contributed by atoms with Gasteiger partial charge in [-0.1, -0.05) is 116 Å². The Labute approximate surface area is 278 Å². The van der Waals surface area contributed by atoms with Gasteiger partial charge in [-0.25, -0.2) is 4.98 Å². The first kappa shape index (κ1) is 33.9. The van der Waals surface area contributed by atoms with E-state index in [1.54, 1.807) is 0 Å². The van der Waals surface area contributed by atoms with E-state index >= 15 is 0 Å². The van der Waals surface area contributed by atoms with E-state index in [0.717, 1.165) is 44.6 Å². The standard InChI is InChI=1S/C40H52N2O2Si2/c1-24(2)26-19-32(25(3)4)38(43)34(20-26)39-42-37-33(21-31(46(11,12)13)23-36(37)44-39)27-16-28(18-29(17-27)40(5,6)7)35-22-30(14-15-41-35)45(8,9)10/h14-25,43H,1-13H3. The molecule has 1 N–H and O–H groups in total. The van der Waals surface area contributed by atoms with Gasteiger partial charge < -0.3 is 9.52 Å². The van der Waals surface area contributed by atoms with Crippen molar-refractivity contribution < 1.29 is 9.52 Å². The molecule has 5 rings (SSSR count). The second-order valence-electron chi connectivity index (χ2n) is 16.7. The van der Waals surface area contributed by atoms with Crippen LogP contribution in [0, 0.1) is 0 Å². The second-order valence-corrected chi connectivity index (χ2v) is 26.8. The number of aromatic nitrogens is 2. The van der Waals surface area contributed by atoms with Gasteiger partial charge in [-0.2, -0.15) is 0 Å². The molecule has 0 bridgehead atoms. The predicted molar refractivity (Wildman–Crippen MR) is 203 cm³/mol. The SMILES string of the molecule is CC(C)c1cc(-c2nc3c(-c4cc(-c5cc([Si](C)(C)C)ccn5)cc(C(C)(C)C)c4)cc([Si](C)(C)C)cc3o2)c(O)c(C(C)C)c1. The van der Waals surface area contributed by atoms with Crippen LogP contribution >= 0.6 is 0 Å². The summed E-state index contributed by atoms with van der Waals surface area (Å²) in [5.41, 5.74) is 9.77. The number of hydrogen-bond donors (Lipinski definition) is 1. The number of phenolic OH excluding ortho intramolecular Hbond substituents is 1. The van der Waals surface area contributed by atoms with Crippen LogP contribution in [0.4, 0.5) is 0 Å². The van der Waals surface area contributed by atoms with Crippen LogP contribution in [0.25, 0.3) is 44.9 Å². The first-order valence-electron chi connectivity index (χ1n) is 16.7. The molecule has 0 unspecified atom stereocenters. The summed E-state index contributed by atoms with van der Waals surface area (Å²) in [6, 6.07) is 20.0. The van der Waals surface area contributed by atoms with Crippen molar-refractivity contribution in [2.24, 2.45) is 0 Å². The molecule has 2 heterocycles. The van der Waals surface area contributed by atoms with Gasteiger partial charge in [0.15, 0.2) is 5.58 Å². The predicted octanol–water partition coefficient (Wildman–Crippen LogP) is 10.6. The van der Waals surface area contributed by atoms with Crippen LogP contribution in [0.2, 0.25) is 39.3 Å². The molecule has 0 aliphatic rings. The highest BCUT2D eigenvalue weighted by Crippen LogP contribution is 2.41. The zero-order valence-corrected chi connectivity index (χ0v) is 32.2. The maximum absolute atomic E-state index is 11.5. The molecule has 0 amide bonds. The number of nitrogens with zero attached hydrogens (tertiary/aromatic N) is 2. The van der Waals surface area contributed by atoms with E-state index in [1.807, 2.05) is 12.3 Å². The number of benzene rings is 3.